The molecule has 2 nitrogen and oxygen atoms in total. The highest BCUT2D eigenvalue weighted by Crippen LogP contribution is 1.51. The van der Waals surface area contributed by atoms with Crippen molar-refractivity contribution in [1.82, 2.24) is 0 Å². The molecule has 0 aliphatic carbocycles. The maximum Gasteiger partial charge on any atom is 0.122 e. The molecule has 0 fully saturated rings. The first-order valence-electron chi connectivity index (χ1n) is 0.827. The number of hydrogen-bond acceptors (Lipinski definition) is 2. The fourth-order valence-electron chi connectivity index (χ4n) is 0. The number of rotatable bonds is 1. The van der Waals surface area contributed by atoms with E-state index in [2.05, 4.69) is 11.5 Å². The van der Waals surface area contributed by atoms with Gasteiger partial charge in [0.1, 0.15) is 6.26 Å². The Kier molecular flexibility index (Phi) is 16.3. The molecule has 0 aromatic carbocycles. The van der Waals surface area contributed by atoms with Crippen LogP contribution in [0.25, 0.3) is 0 Å². The third-order valence-electron chi connectivity index (χ3n) is 0.0745. The van der Waals surface area contributed by atoms with Crippen molar-refractivity contribution in [2.24, 2.45) is 0 Å². The molecule has 0 saturated carbocycles. The van der Waals surface area contributed by atoms with Gasteiger partial charge in [0.15, 0.2) is 0 Å². The Balaban J connectivity index is 0. The van der Waals surface area contributed by atoms with Gasteiger partial charge >= 0.3 is 0 Å². The molecule has 0 aromatic rings. The van der Waals surface area contributed by atoms with Crippen LogP contribution < -0.4 is 0 Å². The summed E-state index contributed by atoms with van der Waals surface area (Å²) < 4.78 is 0. The van der Waals surface area contributed by atoms with Crippen LogP contribution in [0.1, 0.15) is 0 Å². The van der Waals surface area contributed by atoms with Crippen LogP contribution in [0.2, 0.25) is 0 Å². The average molecular weight is 96.5 g/mol. The topological polar surface area (TPSA) is 29.5 Å². The highest BCUT2D eigenvalue weighted by Gasteiger charge is 1.38. The average Bonchev–Trinajstić information content (AvgIpc) is 1.37. The first-order valence-corrected chi connectivity index (χ1v) is 0.827. The normalized spacial score (nSPS) is 4.20. The molecule has 0 spiro atoms. The zero-order valence-electron chi connectivity index (χ0n) is 2.55. The SMILES string of the molecule is C=COO.Cl. The van der Waals surface area contributed by atoms with E-state index < -0.39 is 0 Å². The van der Waals surface area contributed by atoms with Crippen molar-refractivity contribution in [3.63, 3.8) is 0 Å². The van der Waals surface area contributed by atoms with E-state index in [9.17, 15) is 0 Å². The minimum Gasteiger partial charge on any atom is -0.349 e. The molecule has 1 N–H and O–H groups in total. The number of hydrogen-bond donors (Lipinski definition) is 1. The van der Waals surface area contributed by atoms with Gasteiger partial charge in [-0.1, -0.05) is 6.58 Å². The van der Waals surface area contributed by atoms with Crippen molar-refractivity contribution in [3.8, 4) is 0 Å². The molecule has 0 radical (unpaired) electrons. The molecule has 0 aromatic heterocycles. The maximum atomic E-state index is 7.26. The summed E-state index contributed by atoms with van der Waals surface area (Å²) in [5, 5.41) is 7.26. The monoisotopic (exact) mass is 96.0 g/mol. The molecule has 0 bridgehead atoms. The molecule has 3 heteroatoms. The summed E-state index contributed by atoms with van der Waals surface area (Å²) in [6.45, 7) is 3.01. The summed E-state index contributed by atoms with van der Waals surface area (Å²) in [6, 6.07) is 0. The Labute approximate surface area is 36.4 Å². The van der Waals surface area contributed by atoms with E-state index in [4.69, 9.17) is 5.26 Å². The second kappa shape index (κ2) is 9.21. The van der Waals surface area contributed by atoms with Crippen molar-refractivity contribution < 1.29 is 10.1 Å². The van der Waals surface area contributed by atoms with Gasteiger partial charge in [-0.25, -0.2) is 5.26 Å². The fourth-order valence-corrected chi connectivity index (χ4v) is 0. The largest absolute Gasteiger partial charge is 0.349 e. The second-order valence-electron chi connectivity index (χ2n) is 0.272. The lowest BCUT2D eigenvalue weighted by atomic mass is 11.2. The second-order valence-corrected chi connectivity index (χ2v) is 0.272. The Morgan fingerprint density at radius 3 is 2.00 bits per heavy atom. The van der Waals surface area contributed by atoms with Gasteiger partial charge in [0.25, 0.3) is 0 Å². The third kappa shape index (κ3) is 19.5. The third-order valence-corrected chi connectivity index (χ3v) is 0.0745. The van der Waals surface area contributed by atoms with Gasteiger partial charge in [0, 0.05) is 0 Å². The van der Waals surface area contributed by atoms with E-state index in [1.807, 2.05) is 0 Å². The summed E-state index contributed by atoms with van der Waals surface area (Å²) in [5.74, 6) is 0. The van der Waals surface area contributed by atoms with Crippen molar-refractivity contribution in [1.29, 1.82) is 0 Å². The van der Waals surface area contributed by atoms with Crippen LogP contribution in [-0.2, 0) is 4.89 Å². The molecule has 0 aliphatic rings. The molecule has 0 atom stereocenters. The van der Waals surface area contributed by atoms with E-state index in [1.54, 1.807) is 0 Å². The first-order chi connectivity index (χ1) is 1.91. The Hall–Kier alpha value is -0.210. The van der Waals surface area contributed by atoms with Crippen LogP contribution in [0.15, 0.2) is 12.8 Å². The zero-order valence-corrected chi connectivity index (χ0v) is 3.36. The molecular formula is C2H5ClO2. The van der Waals surface area contributed by atoms with E-state index in [0.717, 1.165) is 6.26 Å². The van der Waals surface area contributed by atoms with Crippen LogP contribution in [0, 0.1) is 0 Å². The lowest BCUT2D eigenvalue weighted by Gasteiger charge is -1.69. The molecular weight excluding hydrogens is 91.5 g/mol. The van der Waals surface area contributed by atoms with Crippen LogP contribution in [0.4, 0.5) is 0 Å². The van der Waals surface area contributed by atoms with Gasteiger partial charge in [-0.05, 0) is 0 Å². The molecule has 32 valence electrons. The Bertz CT molecular complexity index is 21.6. The number of halogens is 1. The standard InChI is InChI=1S/C2H4O2.ClH/c1-2-4-3;/h2-3H,1H2;1H. The quantitative estimate of drug-likeness (QED) is 0.300. The van der Waals surface area contributed by atoms with E-state index in [0.29, 0.717) is 0 Å². The molecule has 0 saturated heterocycles. The molecule has 0 unspecified atom stereocenters. The molecule has 0 heterocycles. The van der Waals surface area contributed by atoms with Crippen LogP contribution >= 0.6 is 12.4 Å². The summed E-state index contributed by atoms with van der Waals surface area (Å²) in [5.41, 5.74) is 0. The smallest absolute Gasteiger partial charge is 0.122 e. The van der Waals surface area contributed by atoms with Gasteiger partial charge in [0.2, 0.25) is 0 Å². The van der Waals surface area contributed by atoms with Crippen molar-refractivity contribution in [2.45, 2.75) is 0 Å². The van der Waals surface area contributed by atoms with Gasteiger partial charge in [0.05, 0.1) is 0 Å². The summed E-state index contributed by atoms with van der Waals surface area (Å²) >= 11 is 0. The van der Waals surface area contributed by atoms with Crippen molar-refractivity contribution in [2.75, 3.05) is 0 Å². The van der Waals surface area contributed by atoms with Gasteiger partial charge in [-0.2, -0.15) is 0 Å². The predicted octanol–water partition coefficient (Wildman–Crippen LogP) is 1.04. The summed E-state index contributed by atoms with van der Waals surface area (Å²) in [7, 11) is 0. The zero-order chi connectivity index (χ0) is 3.41. The molecule has 0 rings (SSSR count). The summed E-state index contributed by atoms with van der Waals surface area (Å²) in [6.07, 6.45) is 0.931. The van der Waals surface area contributed by atoms with Crippen LogP contribution in [0.3, 0.4) is 0 Å². The van der Waals surface area contributed by atoms with Gasteiger partial charge in [-0.3, -0.25) is 0 Å². The van der Waals surface area contributed by atoms with Crippen LogP contribution in [-0.4, -0.2) is 5.26 Å². The Morgan fingerprint density at radius 1 is 1.80 bits per heavy atom. The molecule has 0 amide bonds. The molecule has 5 heavy (non-hydrogen) atoms. The van der Waals surface area contributed by atoms with Crippen molar-refractivity contribution in [3.05, 3.63) is 12.8 Å². The first kappa shape index (κ1) is 8.84. The van der Waals surface area contributed by atoms with Gasteiger partial charge in [-0.15, -0.1) is 12.4 Å². The predicted molar refractivity (Wildman–Crippen MR) is 21.2 cm³/mol. The highest BCUT2D eigenvalue weighted by molar-refractivity contribution is 5.85. The lowest BCUT2D eigenvalue weighted by Crippen LogP contribution is -1.56. The van der Waals surface area contributed by atoms with E-state index in [1.165, 1.54) is 0 Å². The van der Waals surface area contributed by atoms with Crippen LogP contribution in [0.5, 0.6) is 0 Å². The minimum atomic E-state index is 0. The minimum absolute atomic E-state index is 0. The van der Waals surface area contributed by atoms with Crippen molar-refractivity contribution >= 4 is 12.4 Å². The lowest BCUT2D eigenvalue weighted by molar-refractivity contribution is -0.186. The van der Waals surface area contributed by atoms with Gasteiger partial charge < -0.3 is 4.89 Å². The van der Waals surface area contributed by atoms with E-state index >= 15 is 0 Å². The maximum absolute atomic E-state index is 7.26. The van der Waals surface area contributed by atoms with E-state index in [-0.39, 0.29) is 12.4 Å². The molecule has 0 aliphatic heterocycles. The highest BCUT2D eigenvalue weighted by atomic mass is 35.5. The summed E-state index contributed by atoms with van der Waals surface area (Å²) in [4.78, 5) is 3.31. The fraction of sp³-hybridized carbons (Fsp3) is 0. The Morgan fingerprint density at radius 2 is 2.00 bits per heavy atom.